The Labute approximate surface area is 287 Å². The third kappa shape index (κ3) is 7.76. The van der Waals surface area contributed by atoms with E-state index in [1.54, 1.807) is 26.3 Å². The highest BCUT2D eigenvalue weighted by atomic mass is 79.9. The van der Waals surface area contributed by atoms with Crippen molar-refractivity contribution in [2.45, 2.75) is 52.3 Å². The molecule has 0 spiro atoms. The highest BCUT2D eigenvalue weighted by Gasteiger charge is 2.36. The van der Waals surface area contributed by atoms with Crippen molar-refractivity contribution < 1.29 is 19.1 Å². The molecular formula is C29H38Br2N12O4. The summed E-state index contributed by atoms with van der Waals surface area (Å²) in [4.78, 5) is 46.2. The number of carbonyl (C=O) groups is 3. The van der Waals surface area contributed by atoms with Crippen molar-refractivity contribution in [2.75, 3.05) is 36.8 Å². The summed E-state index contributed by atoms with van der Waals surface area (Å²) >= 11 is 6.63. The number of nitrogens with one attached hydrogen (secondary N) is 3. The zero-order valence-electron chi connectivity index (χ0n) is 26.6. The van der Waals surface area contributed by atoms with E-state index in [2.05, 4.69) is 74.9 Å². The fourth-order valence-corrected chi connectivity index (χ4v) is 6.20. The van der Waals surface area contributed by atoms with Gasteiger partial charge in [-0.3, -0.25) is 9.59 Å². The SMILES string of the molecule is C[C@H]1CN(C(=O)OC(C)(C)C)C[C@H]1Nc1c(C(N)=O)cnn2cc(Br)nc12.C[C@H]1CNC[C@H]1Nc1c(C(N)=O)cnn2cc(Br)nc12. The number of nitrogens with zero attached hydrogens (tertiary/aromatic N) is 7. The number of amides is 3. The summed E-state index contributed by atoms with van der Waals surface area (Å²) in [7, 11) is 0. The summed E-state index contributed by atoms with van der Waals surface area (Å²) in [6.07, 6.45) is 5.96. The van der Waals surface area contributed by atoms with Gasteiger partial charge in [0.05, 0.1) is 47.3 Å². The molecule has 0 aromatic carbocycles. The Morgan fingerprint density at radius 3 is 1.81 bits per heavy atom. The Balaban J connectivity index is 0.000000193. The first-order valence-electron chi connectivity index (χ1n) is 15.0. The van der Waals surface area contributed by atoms with Crippen LogP contribution in [0.15, 0.2) is 34.0 Å². The summed E-state index contributed by atoms with van der Waals surface area (Å²) in [5, 5.41) is 18.4. The largest absolute Gasteiger partial charge is 0.444 e. The molecule has 2 fully saturated rings. The first-order valence-corrected chi connectivity index (χ1v) is 16.6. The summed E-state index contributed by atoms with van der Waals surface area (Å²) in [5.41, 5.74) is 13.2. The number of hydrogen-bond acceptors (Lipinski definition) is 11. The number of fused-ring (bicyclic) bond motifs is 2. The monoisotopic (exact) mass is 776 g/mol. The lowest BCUT2D eigenvalue weighted by Gasteiger charge is -2.24. The van der Waals surface area contributed by atoms with Crippen LogP contribution in [0.1, 0.15) is 55.3 Å². The lowest BCUT2D eigenvalue weighted by molar-refractivity contribution is 0.0288. The van der Waals surface area contributed by atoms with E-state index in [1.165, 1.54) is 12.4 Å². The van der Waals surface area contributed by atoms with Crippen LogP contribution in [0.3, 0.4) is 0 Å². The van der Waals surface area contributed by atoms with Crippen LogP contribution in [0.4, 0.5) is 16.2 Å². The molecule has 6 heterocycles. The number of imidazole rings is 2. The van der Waals surface area contributed by atoms with Gasteiger partial charge in [-0.15, -0.1) is 0 Å². The molecule has 252 valence electrons. The molecule has 2 aliphatic rings. The standard InChI is InChI=1S/C17H23BrN6O3.C12H15BrN6O/c1-9-6-23(16(26)27-17(2,3)4)7-11(9)21-13-10(14(19)25)5-20-24-8-12(18)22-15(13)24;1-6-2-15-4-8(6)17-10-7(11(14)20)3-16-19-5-9(13)18-12(10)19/h5,8-9,11,21H,6-7H2,1-4H3,(H2,19,25);3,5-6,8,15,17H,2,4H2,1H3,(H2,14,20)/t9-,11+;6-,8+/m00/s1. The Kier molecular flexibility index (Phi) is 9.93. The normalized spacial score (nSPS) is 21.0. The molecule has 4 aromatic heterocycles. The summed E-state index contributed by atoms with van der Waals surface area (Å²) < 4.78 is 9.88. The number of hydrogen-bond donors (Lipinski definition) is 5. The van der Waals surface area contributed by atoms with Gasteiger partial charge in [0, 0.05) is 31.7 Å². The Morgan fingerprint density at radius 2 is 1.36 bits per heavy atom. The average Bonchev–Trinajstić information content (AvgIpc) is 3.74. The fourth-order valence-electron chi connectivity index (χ4n) is 5.48. The van der Waals surface area contributed by atoms with Crippen LogP contribution in [0, 0.1) is 11.8 Å². The smallest absolute Gasteiger partial charge is 0.410 e. The lowest BCUT2D eigenvalue weighted by Crippen LogP contribution is -2.36. The van der Waals surface area contributed by atoms with Gasteiger partial charge in [-0.2, -0.15) is 10.2 Å². The molecule has 4 aromatic rings. The van der Waals surface area contributed by atoms with Crippen LogP contribution >= 0.6 is 31.9 Å². The zero-order chi connectivity index (χ0) is 34.2. The van der Waals surface area contributed by atoms with Gasteiger partial charge in [-0.1, -0.05) is 13.8 Å². The van der Waals surface area contributed by atoms with Gasteiger partial charge < -0.3 is 37.1 Å². The molecule has 0 saturated carbocycles. The number of aromatic nitrogens is 6. The molecule has 4 atom stereocenters. The van der Waals surface area contributed by atoms with Crippen LogP contribution in [-0.2, 0) is 4.74 Å². The first-order chi connectivity index (χ1) is 22.1. The first kappa shape index (κ1) is 34.3. The molecule has 2 aliphatic heterocycles. The van der Waals surface area contributed by atoms with Gasteiger partial charge in [0.1, 0.15) is 14.8 Å². The fraction of sp³-hybridized carbons (Fsp3) is 0.483. The van der Waals surface area contributed by atoms with Gasteiger partial charge in [0.2, 0.25) is 0 Å². The lowest BCUT2D eigenvalue weighted by atomic mass is 10.1. The van der Waals surface area contributed by atoms with Crippen LogP contribution in [0.5, 0.6) is 0 Å². The minimum absolute atomic E-state index is 0.0858. The van der Waals surface area contributed by atoms with E-state index >= 15 is 0 Å². The predicted octanol–water partition coefficient (Wildman–Crippen LogP) is 2.87. The highest BCUT2D eigenvalue weighted by Crippen LogP contribution is 2.28. The zero-order valence-corrected chi connectivity index (χ0v) is 29.8. The molecule has 47 heavy (non-hydrogen) atoms. The number of nitrogens with two attached hydrogens (primary N) is 2. The van der Waals surface area contributed by atoms with E-state index in [0.717, 1.165) is 13.1 Å². The Hall–Kier alpha value is -4.03. The van der Waals surface area contributed by atoms with Gasteiger partial charge in [0.15, 0.2) is 11.3 Å². The molecule has 6 rings (SSSR count). The van der Waals surface area contributed by atoms with Crippen LogP contribution in [-0.4, -0.2) is 95.9 Å². The second kappa shape index (κ2) is 13.6. The second-order valence-corrected chi connectivity index (χ2v) is 14.4. The molecule has 7 N–H and O–H groups in total. The number of primary amides is 2. The summed E-state index contributed by atoms with van der Waals surface area (Å²) in [6.45, 7) is 12.5. The number of ether oxygens (including phenoxy) is 1. The summed E-state index contributed by atoms with van der Waals surface area (Å²) in [6, 6.07) is 0.145. The number of rotatable bonds is 6. The molecule has 0 unspecified atom stereocenters. The molecule has 2 saturated heterocycles. The van der Waals surface area contributed by atoms with E-state index in [4.69, 9.17) is 16.2 Å². The number of carbonyl (C=O) groups excluding carboxylic acids is 3. The molecule has 0 bridgehead atoms. The maximum Gasteiger partial charge on any atom is 0.410 e. The van der Waals surface area contributed by atoms with Crippen LogP contribution in [0.25, 0.3) is 11.3 Å². The number of likely N-dealkylation sites (tertiary alicyclic amines) is 1. The molecule has 0 aliphatic carbocycles. The Morgan fingerprint density at radius 1 is 0.851 bits per heavy atom. The molecule has 3 amide bonds. The van der Waals surface area contributed by atoms with E-state index in [0.29, 0.717) is 56.4 Å². The van der Waals surface area contributed by atoms with Crippen LogP contribution < -0.4 is 27.4 Å². The van der Waals surface area contributed by atoms with E-state index in [9.17, 15) is 14.4 Å². The molecular weight excluding hydrogens is 740 g/mol. The maximum absolute atomic E-state index is 12.4. The molecule has 18 heteroatoms. The van der Waals surface area contributed by atoms with Gasteiger partial charge in [-0.25, -0.2) is 23.8 Å². The minimum atomic E-state index is -0.596. The van der Waals surface area contributed by atoms with E-state index in [-0.39, 0.29) is 29.7 Å². The van der Waals surface area contributed by atoms with Crippen molar-refractivity contribution >= 4 is 72.4 Å². The van der Waals surface area contributed by atoms with Crippen molar-refractivity contribution in [3.05, 3.63) is 45.1 Å². The van der Waals surface area contributed by atoms with Crippen molar-refractivity contribution in [3.8, 4) is 0 Å². The quantitative estimate of drug-likeness (QED) is 0.192. The maximum atomic E-state index is 12.4. The van der Waals surface area contributed by atoms with Crippen molar-refractivity contribution in [1.29, 1.82) is 0 Å². The minimum Gasteiger partial charge on any atom is -0.444 e. The third-order valence-corrected chi connectivity index (χ3v) is 8.66. The third-order valence-electron chi connectivity index (χ3n) is 7.90. The highest BCUT2D eigenvalue weighted by molar-refractivity contribution is 9.10. The van der Waals surface area contributed by atoms with Crippen molar-refractivity contribution in [3.63, 3.8) is 0 Å². The van der Waals surface area contributed by atoms with E-state index < -0.39 is 17.4 Å². The number of anilines is 2. The van der Waals surface area contributed by atoms with Gasteiger partial charge >= 0.3 is 6.09 Å². The molecule has 0 radical (unpaired) electrons. The average molecular weight is 779 g/mol. The van der Waals surface area contributed by atoms with Gasteiger partial charge in [-0.05, 0) is 71.0 Å². The predicted molar refractivity (Wildman–Crippen MR) is 182 cm³/mol. The van der Waals surface area contributed by atoms with Crippen molar-refractivity contribution in [1.82, 2.24) is 39.4 Å². The van der Waals surface area contributed by atoms with Crippen LogP contribution in [0.2, 0.25) is 0 Å². The Bertz CT molecular complexity index is 1820. The molecule has 16 nitrogen and oxygen atoms in total. The van der Waals surface area contributed by atoms with Gasteiger partial charge in [0.25, 0.3) is 11.8 Å². The number of halogens is 2. The second-order valence-electron chi connectivity index (χ2n) is 12.8. The van der Waals surface area contributed by atoms with E-state index in [1.807, 2.05) is 27.7 Å². The summed E-state index contributed by atoms with van der Waals surface area (Å²) in [5.74, 6) is -0.506. The topological polar surface area (TPSA) is 212 Å². The van der Waals surface area contributed by atoms with Crippen molar-refractivity contribution in [2.24, 2.45) is 23.3 Å².